The number of amides is 1. The lowest BCUT2D eigenvalue weighted by Crippen LogP contribution is -2.42. The van der Waals surface area contributed by atoms with Gasteiger partial charge in [-0.05, 0) is 32.8 Å². The molecule has 1 aromatic heterocycles. The molecule has 0 bridgehead atoms. The van der Waals surface area contributed by atoms with Crippen molar-refractivity contribution in [1.29, 1.82) is 0 Å². The topological polar surface area (TPSA) is 63.6 Å². The fraction of sp³-hybridized carbons (Fsp3) is 0.600. The first-order valence-corrected chi connectivity index (χ1v) is 7.52. The highest BCUT2D eigenvalue weighted by molar-refractivity contribution is 5.67. The van der Waals surface area contributed by atoms with E-state index in [0.29, 0.717) is 32.3 Å². The highest BCUT2D eigenvalue weighted by Crippen LogP contribution is 2.16. The van der Waals surface area contributed by atoms with Crippen molar-refractivity contribution in [2.45, 2.75) is 39.3 Å². The van der Waals surface area contributed by atoms with Crippen LogP contribution in [-0.2, 0) is 11.3 Å². The number of rotatable bonds is 4. The molecule has 1 N–H and O–H groups in total. The number of anilines is 1. The number of nitrogens with zero attached hydrogens (tertiary/aromatic N) is 2. The molecule has 116 valence electrons. The second-order valence-electron chi connectivity index (χ2n) is 5.15. The van der Waals surface area contributed by atoms with E-state index in [1.54, 1.807) is 15.5 Å². The third-order valence-electron chi connectivity index (χ3n) is 3.72. The van der Waals surface area contributed by atoms with Crippen LogP contribution in [0.15, 0.2) is 23.1 Å². The Labute approximate surface area is 124 Å². The Hall–Kier alpha value is -1.98. The second kappa shape index (κ2) is 7.15. The molecule has 1 aliphatic rings. The van der Waals surface area contributed by atoms with Gasteiger partial charge in [-0.25, -0.2) is 4.79 Å². The summed E-state index contributed by atoms with van der Waals surface area (Å²) in [7, 11) is 0. The Bertz CT molecular complexity index is 533. The van der Waals surface area contributed by atoms with Gasteiger partial charge in [-0.3, -0.25) is 4.79 Å². The number of pyridine rings is 1. The number of hydrogen-bond donors (Lipinski definition) is 1. The zero-order valence-electron chi connectivity index (χ0n) is 12.7. The van der Waals surface area contributed by atoms with Gasteiger partial charge in [0, 0.05) is 37.9 Å². The number of piperidine rings is 1. The predicted octanol–water partition coefficient (Wildman–Crippen LogP) is 1.90. The molecule has 6 heteroatoms. The van der Waals surface area contributed by atoms with Gasteiger partial charge in [0.2, 0.25) is 0 Å². The molecule has 2 rings (SSSR count). The fourth-order valence-electron chi connectivity index (χ4n) is 2.52. The zero-order chi connectivity index (χ0) is 15.2. The van der Waals surface area contributed by atoms with Crippen molar-refractivity contribution in [2.24, 2.45) is 0 Å². The van der Waals surface area contributed by atoms with Crippen LogP contribution in [0.25, 0.3) is 0 Å². The highest BCUT2D eigenvalue weighted by atomic mass is 16.6. The maximum atomic E-state index is 11.6. The van der Waals surface area contributed by atoms with Crippen molar-refractivity contribution < 1.29 is 9.53 Å². The Kier molecular flexibility index (Phi) is 5.25. The average molecular weight is 293 g/mol. The molecule has 0 radical (unpaired) electrons. The third kappa shape index (κ3) is 4.00. The summed E-state index contributed by atoms with van der Waals surface area (Å²) >= 11 is 0. The SMILES string of the molecule is CCOC(=O)N1CCC(Nc2ccc(=O)n(CC)c2)CC1. The minimum absolute atomic E-state index is 0.0141. The number of aromatic nitrogens is 1. The Balaban J connectivity index is 1.89. The number of hydrogen-bond acceptors (Lipinski definition) is 4. The number of carbonyl (C=O) groups excluding carboxylic acids is 1. The van der Waals surface area contributed by atoms with Crippen LogP contribution in [-0.4, -0.2) is 41.3 Å². The van der Waals surface area contributed by atoms with E-state index in [-0.39, 0.29) is 11.7 Å². The van der Waals surface area contributed by atoms with Crippen molar-refractivity contribution in [3.63, 3.8) is 0 Å². The quantitative estimate of drug-likeness (QED) is 0.921. The van der Waals surface area contributed by atoms with Crippen molar-refractivity contribution >= 4 is 11.8 Å². The van der Waals surface area contributed by atoms with Gasteiger partial charge in [0.25, 0.3) is 5.56 Å². The summed E-state index contributed by atoms with van der Waals surface area (Å²) in [5, 5.41) is 3.44. The van der Waals surface area contributed by atoms with E-state index in [4.69, 9.17) is 4.74 Å². The molecule has 0 aliphatic carbocycles. The Morgan fingerprint density at radius 1 is 1.33 bits per heavy atom. The van der Waals surface area contributed by atoms with Crippen LogP contribution in [0, 0.1) is 0 Å². The summed E-state index contributed by atoms with van der Waals surface area (Å²) in [6.07, 6.45) is 3.38. The molecule has 1 saturated heterocycles. The van der Waals surface area contributed by atoms with Gasteiger partial charge >= 0.3 is 6.09 Å². The lowest BCUT2D eigenvalue weighted by molar-refractivity contribution is 0.0983. The zero-order valence-corrected chi connectivity index (χ0v) is 12.7. The molecule has 0 spiro atoms. The second-order valence-corrected chi connectivity index (χ2v) is 5.15. The minimum atomic E-state index is -0.226. The number of ether oxygens (including phenoxy) is 1. The smallest absolute Gasteiger partial charge is 0.409 e. The van der Waals surface area contributed by atoms with Crippen LogP contribution in [0.4, 0.5) is 10.5 Å². The van der Waals surface area contributed by atoms with Gasteiger partial charge < -0.3 is 19.5 Å². The van der Waals surface area contributed by atoms with Crippen LogP contribution in [0.3, 0.4) is 0 Å². The molecule has 6 nitrogen and oxygen atoms in total. The largest absolute Gasteiger partial charge is 0.450 e. The molecule has 21 heavy (non-hydrogen) atoms. The lowest BCUT2D eigenvalue weighted by Gasteiger charge is -2.32. The molecular weight excluding hydrogens is 270 g/mol. The van der Waals surface area contributed by atoms with Crippen molar-refractivity contribution in [2.75, 3.05) is 25.0 Å². The van der Waals surface area contributed by atoms with Gasteiger partial charge in [0.05, 0.1) is 12.3 Å². The van der Waals surface area contributed by atoms with E-state index in [0.717, 1.165) is 18.5 Å². The van der Waals surface area contributed by atoms with Crippen LogP contribution < -0.4 is 10.9 Å². The summed E-state index contributed by atoms with van der Waals surface area (Å²) in [5.74, 6) is 0. The number of aryl methyl sites for hydroxylation is 1. The molecule has 0 unspecified atom stereocenters. The van der Waals surface area contributed by atoms with Crippen LogP contribution in [0.1, 0.15) is 26.7 Å². The molecule has 1 aliphatic heterocycles. The molecule has 1 amide bonds. The van der Waals surface area contributed by atoms with Crippen molar-refractivity contribution in [3.05, 3.63) is 28.7 Å². The molecule has 1 fully saturated rings. The van der Waals surface area contributed by atoms with Crippen molar-refractivity contribution in [3.8, 4) is 0 Å². The molecule has 1 aromatic rings. The Morgan fingerprint density at radius 3 is 2.67 bits per heavy atom. The first-order chi connectivity index (χ1) is 10.1. The molecular formula is C15H23N3O3. The maximum Gasteiger partial charge on any atom is 0.409 e. The third-order valence-corrected chi connectivity index (χ3v) is 3.72. The van der Waals surface area contributed by atoms with E-state index in [1.165, 1.54) is 0 Å². The summed E-state index contributed by atoms with van der Waals surface area (Å²) in [6.45, 7) is 6.23. The standard InChI is InChI=1S/C15H23N3O3/c1-3-17-11-13(5-6-14(17)19)16-12-7-9-18(10-8-12)15(20)21-4-2/h5-6,11-12,16H,3-4,7-10H2,1-2H3. The number of likely N-dealkylation sites (tertiary alicyclic amines) is 1. The number of carbonyl (C=O) groups is 1. The van der Waals surface area contributed by atoms with E-state index < -0.39 is 0 Å². The van der Waals surface area contributed by atoms with E-state index >= 15 is 0 Å². The first kappa shape index (κ1) is 15.4. The first-order valence-electron chi connectivity index (χ1n) is 7.52. The van der Waals surface area contributed by atoms with E-state index in [9.17, 15) is 9.59 Å². The van der Waals surface area contributed by atoms with Crippen LogP contribution >= 0.6 is 0 Å². The summed E-state index contributed by atoms with van der Waals surface area (Å²) in [4.78, 5) is 24.9. The average Bonchev–Trinajstić information content (AvgIpc) is 2.50. The fourth-order valence-corrected chi connectivity index (χ4v) is 2.52. The molecule has 0 aromatic carbocycles. The summed E-state index contributed by atoms with van der Waals surface area (Å²) < 4.78 is 6.68. The predicted molar refractivity (Wildman–Crippen MR) is 81.6 cm³/mol. The van der Waals surface area contributed by atoms with Crippen LogP contribution in [0.2, 0.25) is 0 Å². The molecule has 0 atom stereocenters. The van der Waals surface area contributed by atoms with Gasteiger partial charge in [0.15, 0.2) is 0 Å². The minimum Gasteiger partial charge on any atom is -0.450 e. The maximum absolute atomic E-state index is 11.6. The van der Waals surface area contributed by atoms with Gasteiger partial charge in [-0.1, -0.05) is 0 Å². The Morgan fingerprint density at radius 2 is 2.05 bits per heavy atom. The summed E-state index contributed by atoms with van der Waals surface area (Å²) in [6, 6.07) is 3.71. The molecule has 2 heterocycles. The highest BCUT2D eigenvalue weighted by Gasteiger charge is 2.23. The van der Waals surface area contributed by atoms with Gasteiger partial charge in [-0.2, -0.15) is 0 Å². The molecule has 0 saturated carbocycles. The van der Waals surface area contributed by atoms with Gasteiger partial charge in [-0.15, -0.1) is 0 Å². The number of nitrogens with one attached hydrogen (secondary N) is 1. The van der Waals surface area contributed by atoms with E-state index in [1.807, 2.05) is 26.1 Å². The lowest BCUT2D eigenvalue weighted by atomic mass is 10.1. The van der Waals surface area contributed by atoms with E-state index in [2.05, 4.69) is 5.32 Å². The summed E-state index contributed by atoms with van der Waals surface area (Å²) in [5.41, 5.74) is 0.964. The van der Waals surface area contributed by atoms with Crippen molar-refractivity contribution in [1.82, 2.24) is 9.47 Å². The normalized spacial score (nSPS) is 15.8. The monoisotopic (exact) mass is 293 g/mol. The van der Waals surface area contributed by atoms with Crippen LogP contribution in [0.5, 0.6) is 0 Å². The van der Waals surface area contributed by atoms with Gasteiger partial charge in [0.1, 0.15) is 0 Å².